The third kappa shape index (κ3) is 3.10. The maximum absolute atomic E-state index is 13.7. The molecule has 0 radical (unpaired) electrons. The third-order valence-electron chi connectivity index (χ3n) is 3.00. The molecule has 2 aromatic carbocycles. The number of fused-ring (bicyclic) bond motifs is 1. The van der Waals surface area contributed by atoms with Crippen LogP contribution in [0.25, 0.3) is 10.2 Å². The van der Waals surface area contributed by atoms with Crippen molar-refractivity contribution < 1.29 is 21.9 Å². The van der Waals surface area contributed by atoms with Gasteiger partial charge in [-0.3, -0.25) is 4.72 Å². The van der Waals surface area contributed by atoms with Crippen molar-refractivity contribution >= 4 is 36.7 Å². The molecule has 120 valence electrons. The number of hydrogen-bond acceptors (Lipinski definition) is 5. The van der Waals surface area contributed by atoms with Gasteiger partial charge < -0.3 is 4.74 Å². The van der Waals surface area contributed by atoms with Crippen LogP contribution >= 0.6 is 11.3 Å². The molecule has 3 aromatic rings. The molecule has 0 atom stereocenters. The van der Waals surface area contributed by atoms with Gasteiger partial charge in [-0.1, -0.05) is 11.3 Å². The second kappa shape index (κ2) is 5.74. The van der Waals surface area contributed by atoms with Crippen LogP contribution in [0.3, 0.4) is 0 Å². The molecular formula is C14H10F2N2O3S2. The summed E-state index contributed by atoms with van der Waals surface area (Å²) in [5.41, 5.74) is 0.563. The summed E-state index contributed by atoms with van der Waals surface area (Å²) < 4.78 is 59.2. The van der Waals surface area contributed by atoms with Crippen molar-refractivity contribution in [2.45, 2.75) is 4.90 Å². The molecule has 0 spiro atoms. The Hall–Kier alpha value is -2.26. The predicted octanol–water partition coefficient (Wildman–Crippen LogP) is 3.38. The van der Waals surface area contributed by atoms with Crippen molar-refractivity contribution in [1.29, 1.82) is 0 Å². The monoisotopic (exact) mass is 356 g/mol. The highest BCUT2D eigenvalue weighted by Gasteiger charge is 2.21. The van der Waals surface area contributed by atoms with Crippen LogP contribution in [0.4, 0.5) is 13.9 Å². The van der Waals surface area contributed by atoms with Crippen LogP contribution in [0.2, 0.25) is 0 Å². The highest BCUT2D eigenvalue weighted by atomic mass is 32.2. The largest absolute Gasteiger partial charge is 0.497 e. The molecular weight excluding hydrogens is 346 g/mol. The number of ether oxygens (including phenoxy) is 1. The number of anilines is 1. The normalized spacial score (nSPS) is 11.6. The summed E-state index contributed by atoms with van der Waals surface area (Å²) in [7, 11) is -2.77. The van der Waals surface area contributed by atoms with Crippen LogP contribution in [0, 0.1) is 11.6 Å². The van der Waals surface area contributed by atoms with E-state index in [1.54, 1.807) is 18.2 Å². The van der Waals surface area contributed by atoms with Crippen LogP contribution in [0.5, 0.6) is 5.75 Å². The Morgan fingerprint density at radius 3 is 2.70 bits per heavy atom. The maximum Gasteiger partial charge on any atom is 0.266 e. The summed E-state index contributed by atoms with van der Waals surface area (Å²) in [6.07, 6.45) is 0. The van der Waals surface area contributed by atoms with Gasteiger partial charge >= 0.3 is 0 Å². The number of benzene rings is 2. The van der Waals surface area contributed by atoms with Gasteiger partial charge in [0.15, 0.2) is 5.13 Å². The summed E-state index contributed by atoms with van der Waals surface area (Å²) >= 11 is 1.06. The molecule has 1 N–H and O–H groups in total. The Bertz CT molecular complexity index is 987. The lowest BCUT2D eigenvalue weighted by atomic mass is 10.3. The van der Waals surface area contributed by atoms with E-state index in [9.17, 15) is 17.2 Å². The highest BCUT2D eigenvalue weighted by molar-refractivity contribution is 7.93. The predicted molar refractivity (Wildman–Crippen MR) is 83.3 cm³/mol. The fourth-order valence-electron chi connectivity index (χ4n) is 1.93. The number of nitrogens with zero attached hydrogens (tertiary/aromatic N) is 1. The number of halogens is 2. The maximum atomic E-state index is 13.7. The van der Waals surface area contributed by atoms with Gasteiger partial charge in [0.05, 0.1) is 17.3 Å². The van der Waals surface area contributed by atoms with Gasteiger partial charge in [-0.2, -0.15) is 0 Å². The number of aromatic nitrogens is 1. The number of rotatable bonds is 4. The van der Waals surface area contributed by atoms with Crippen LogP contribution in [0.15, 0.2) is 41.3 Å². The lowest BCUT2D eigenvalue weighted by Crippen LogP contribution is -2.14. The average molecular weight is 356 g/mol. The molecule has 1 aromatic heterocycles. The Morgan fingerprint density at radius 2 is 1.96 bits per heavy atom. The summed E-state index contributed by atoms with van der Waals surface area (Å²) in [4.78, 5) is 3.34. The lowest BCUT2D eigenvalue weighted by Gasteiger charge is -2.06. The fourth-order valence-corrected chi connectivity index (χ4v) is 4.15. The SMILES string of the molecule is COc1ccc2nc(NS(=O)(=O)c3cc(F)ccc3F)sc2c1. The molecule has 23 heavy (non-hydrogen) atoms. The van der Waals surface area contributed by atoms with E-state index >= 15 is 0 Å². The molecule has 1 heterocycles. The first-order chi connectivity index (χ1) is 10.9. The van der Waals surface area contributed by atoms with Gasteiger partial charge in [0, 0.05) is 0 Å². The molecule has 0 saturated heterocycles. The van der Waals surface area contributed by atoms with E-state index in [2.05, 4.69) is 9.71 Å². The first kappa shape index (κ1) is 15.6. The zero-order valence-electron chi connectivity index (χ0n) is 11.7. The van der Waals surface area contributed by atoms with Crippen molar-refractivity contribution in [3.05, 3.63) is 48.0 Å². The second-order valence-electron chi connectivity index (χ2n) is 4.53. The van der Waals surface area contributed by atoms with Crippen molar-refractivity contribution in [2.24, 2.45) is 0 Å². The second-order valence-corrected chi connectivity index (χ2v) is 7.21. The van der Waals surface area contributed by atoms with Gasteiger partial charge in [-0.25, -0.2) is 22.2 Å². The van der Waals surface area contributed by atoms with E-state index in [-0.39, 0.29) is 5.13 Å². The number of thiazole rings is 1. The quantitative estimate of drug-likeness (QED) is 0.778. The van der Waals surface area contributed by atoms with Gasteiger partial charge in [-0.05, 0) is 36.4 Å². The standard InChI is InChI=1S/C14H10F2N2O3S2/c1-21-9-3-5-11-12(7-9)22-14(17-11)18-23(19,20)13-6-8(15)2-4-10(13)16/h2-7H,1H3,(H,17,18). The van der Waals surface area contributed by atoms with Crippen LogP contribution in [-0.2, 0) is 10.0 Å². The molecule has 9 heteroatoms. The zero-order valence-corrected chi connectivity index (χ0v) is 13.3. The van der Waals surface area contributed by atoms with Gasteiger partial charge in [-0.15, -0.1) is 0 Å². The molecule has 3 rings (SSSR count). The molecule has 0 aliphatic carbocycles. The minimum absolute atomic E-state index is 0.0527. The third-order valence-corrected chi connectivity index (χ3v) is 5.42. The fraction of sp³-hybridized carbons (Fsp3) is 0.0714. The minimum atomic E-state index is -4.28. The Kier molecular flexibility index (Phi) is 3.90. The topological polar surface area (TPSA) is 68.3 Å². The lowest BCUT2D eigenvalue weighted by molar-refractivity contribution is 0.415. The molecule has 0 fully saturated rings. The van der Waals surface area contributed by atoms with E-state index < -0.39 is 26.6 Å². The van der Waals surface area contributed by atoms with Crippen molar-refractivity contribution in [3.63, 3.8) is 0 Å². The number of hydrogen-bond donors (Lipinski definition) is 1. The zero-order chi connectivity index (χ0) is 16.6. The van der Waals surface area contributed by atoms with Crippen molar-refractivity contribution in [3.8, 4) is 5.75 Å². The average Bonchev–Trinajstić information content (AvgIpc) is 2.89. The van der Waals surface area contributed by atoms with Gasteiger partial charge in [0.25, 0.3) is 10.0 Å². The molecule has 0 unspecified atom stereocenters. The van der Waals surface area contributed by atoms with Crippen molar-refractivity contribution in [2.75, 3.05) is 11.8 Å². The Labute approximate surface area is 134 Å². The number of methoxy groups -OCH3 is 1. The van der Waals surface area contributed by atoms with Gasteiger partial charge in [0.1, 0.15) is 22.3 Å². The molecule has 0 saturated carbocycles. The van der Waals surface area contributed by atoms with E-state index in [4.69, 9.17) is 4.74 Å². The minimum Gasteiger partial charge on any atom is -0.497 e. The van der Waals surface area contributed by atoms with Crippen molar-refractivity contribution in [1.82, 2.24) is 4.98 Å². The molecule has 0 bridgehead atoms. The smallest absolute Gasteiger partial charge is 0.266 e. The molecule has 0 aliphatic rings. The number of sulfonamides is 1. The Morgan fingerprint density at radius 1 is 1.17 bits per heavy atom. The Balaban J connectivity index is 1.98. The number of nitrogens with one attached hydrogen (secondary N) is 1. The first-order valence-corrected chi connectivity index (χ1v) is 8.61. The summed E-state index contributed by atoms with van der Waals surface area (Å²) in [5.74, 6) is -1.28. The van der Waals surface area contributed by atoms with Crippen LogP contribution < -0.4 is 9.46 Å². The first-order valence-electron chi connectivity index (χ1n) is 6.31. The summed E-state index contributed by atoms with van der Waals surface area (Å²) in [6.45, 7) is 0. The highest BCUT2D eigenvalue weighted by Crippen LogP contribution is 2.30. The van der Waals surface area contributed by atoms with E-state index in [0.717, 1.165) is 23.5 Å². The summed E-state index contributed by atoms with van der Waals surface area (Å²) in [6, 6.07) is 7.28. The molecule has 0 aliphatic heterocycles. The van der Waals surface area contributed by atoms with Crippen LogP contribution in [-0.4, -0.2) is 20.5 Å². The molecule has 0 amide bonds. The van der Waals surface area contributed by atoms with Crippen LogP contribution in [0.1, 0.15) is 0 Å². The van der Waals surface area contributed by atoms with E-state index in [1.807, 2.05) is 0 Å². The van der Waals surface area contributed by atoms with E-state index in [0.29, 0.717) is 22.0 Å². The summed E-state index contributed by atoms with van der Waals surface area (Å²) in [5, 5.41) is 0.0527. The molecule has 5 nitrogen and oxygen atoms in total. The van der Waals surface area contributed by atoms with E-state index in [1.165, 1.54) is 7.11 Å². The van der Waals surface area contributed by atoms with Gasteiger partial charge in [0.2, 0.25) is 0 Å².